The molecule has 1 aromatic rings. The second-order valence-corrected chi connectivity index (χ2v) is 6.68. The van der Waals surface area contributed by atoms with Gasteiger partial charge in [-0.3, -0.25) is 4.90 Å². The summed E-state index contributed by atoms with van der Waals surface area (Å²) in [4.78, 5) is 2.45. The topological polar surface area (TPSA) is 101 Å². The molecule has 1 aromatic carbocycles. The van der Waals surface area contributed by atoms with Crippen LogP contribution in [-0.4, -0.2) is 39.0 Å². The van der Waals surface area contributed by atoms with Gasteiger partial charge in [0.25, 0.3) is 0 Å². The maximum Gasteiger partial charge on any atom is 0.238 e. The average molecular weight is 298 g/mol. The number of nitrogens with one attached hydrogen (secondary N) is 1. The molecule has 1 aliphatic carbocycles. The van der Waals surface area contributed by atoms with Gasteiger partial charge < -0.3 is 11.1 Å². The first-order chi connectivity index (χ1) is 9.40. The number of primary sulfonamides is 1. The highest BCUT2D eigenvalue weighted by molar-refractivity contribution is 7.89. The maximum absolute atomic E-state index is 11.3. The third-order valence-electron chi connectivity index (χ3n) is 3.45. The molecule has 20 heavy (non-hydrogen) atoms. The fraction of sp³-hybridized carbons (Fsp3) is 0.538. The fourth-order valence-corrected chi connectivity index (χ4v) is 2.86. The minimum Gasteiger partial charge on any atom is -0.399 e. The first kappa shape index (κ1) is 15.1. The van der Waals surface area contributed by atoms with Gasteiger partial charge in [-0.25, -0.2) is 13.6 Å². The van der Waals surface area contributed by atoms with Crippen LogP contribution in [0.4, 0.5) is 11.4 Å². The van der Waals surface area contributed by atoms with Crippen molar-refractivity contribution < 1.29 is 8.42 Å². The molecule has 0 aliphatic heterocycles. The molecule has 0 amide bonds. The van der Waals surface area contributed by atoms with Gasteiger partial charge in [-0.15, -0.1) is 0 Å². The zero-order valence-corrected chi connectivity index (χ0v) is 12.5. The summed E-state index contributed by atoms with van der Waals surface area (Å²) >= 11 is 0. The predicted octanol–water partition coefficient (Wildman–Crippen LogP) is 0.812. The Morgan fingerprint density at radius 2 is 2.05 bits per heavy atom. The van der Waals surface area contributed by atoms with E-state index in [9.17, 15) is 8.42 Å². The lowest BCUT2D eigenvalue weighted by atomic mass is 10.3. The van der Waals surface area contributed by atoms with E-state index in [1.165, 1.54) is 25.0 Å². The van der Waals surface area contributed by atoms with Crippen molar-refractivity contribution in [3.8, 4) is 0 Å². The molecule has 5 N–H and O–H groups in total. The van der Waals surface area contributed by atoms with Crippen LogP contribution in [0.15, 0.2) is 23.1 Å². The number of sulfonamides is 1. The maximum atomic E-state index is 11.3. The Balaban J connectivity index is 1.97. The molecule has 0 aromatic heterocycles. The molecule has 1 fully saturated rings. The Morgan fingerprint density at radius 3 is 2.60 bits per heavy atom. The molecule has 0 unspecified atom stereocenters. The first-order valence-electron chi connectivity index (χ1n) is 6.81. The zero-order valence-electron chi connectivity index (χ0n) is 11.7. The van der Waals surface area contributed by atoms with E-state index in [4.69, 9.17) is 10.9 Å². The van der Waals surface area contributed by atoms with Gasteiger partial charge in [0.15, 0.2) is 0 Å². The summed E-state index contributed by atoms with van der Waals surface area (Å²) in [7, 11) is -3.73. The molecular weight excluding hydrogens is 276 g/mol. The normalized spacial score (nSPS) is 15.6. The third kappa shape index (κ3) is 4.09. The molecule has 0 spiro atoms. The summed E-state index contributed by atoms with van der Waals surface area (Å²) in [5.74, 6) is 0. The average Bonchev–Trinajstić information content (AvgIpc) is 3.17. The van der Waals surface area contributed by atoms with Gasteiger partial charge >= 0.3 is 0 Å². The Morgan fingerprint density at radius 1 is 1.35 bits per heavy atom. The van der Waals surface area contributed by atoms with Gasteiger partial charge in [0, 0.05) is 30.5 Å². The Bertz CT molecular complexity index is 570. The van der Waals surface area contributed by atoms with Crippen molar-refractivity contribution in [1.29, 1.82) is 0 Å². The second-order valence-electron chi connectivity index (χ2n) is 5.12. The number of nitrogen functional groups attached to an aromatic ring is 1. The van der Waals surface area contributed by atoms with Crippen molar-refractivity contribution in [1.82, 2.24) is 4.90 Å². The minimum atomic E-state index is -3.73. The van der Waals surface area contributed by atoms with Crippen LogP contribution in [0.5, 0.6) is 0 Å². The largest absolute Gasteiger partial charge is 0.399 e. The highest BCUT2D eigenvalue weighted by Gasteiger charge is 2.27. The van der Waals surface area contributed by atoms with Gasteiger partial charge in [0.05, 0.1) is 4.90 Å². The predicted molar refractivity (Wildman–Crippen MR) is 81.0 cm³/mol. The van der Waals surface area contributed by atoms with E-state index in [-0.39, 0.29) is 4.90 Å². The molecule has 0 bridgehead atoms. The van der Waals surface area contributed by atoms with E-state index < -0.39 is 10.0 Å². The van der Waals surface area contributed by atoms with E-state index in [0.717, 1.165) is 25.7 Å². The van der Waals surface area contributed by atoms with Gasteiger partial charge in [0.2, 0.25) is 10.0 Å². The van der Waals surface area contributed by atoms with Crippen molar-refractivity contribution in [3.63, 3.8) is 0 Å². The van der Waals surface area contributed by atoms with Gasteiger partial charge in [-0.05, 0) is 37.6 Å². The number of likely N-dealkylation sites (N-methyl/N-ethyl adjacent to an activating group) is 1. The smallest absolute Gasteiger partial charge is 0.238 e. The van der Waals surface area contributed by atoms with Gasteiger partial charge in [-0.2, -0.15) is 0 Å². The molecular formula is C13H22N4O2S. The second kappa shape index (κ2) is 5.99. The van der Waals surface area contributed by atoms with Crippen LogP contribution in [0.2, 0.25) is 0 Å². The molecule has 7 heteroatoms. The molecule has 112 valence electrons. The summed E-state index contributed by atoms with van der Waals surface area (Å²) in [6.45, 7) is 4.86. The number of hydrogen-bond donors (Lipinski definition) is 3. The number of anilines is 2. The summed E-state index contributed by atoms with van der Waals surface area (Å²) in [6.07, 6.45) is 2.56. The SMILES string of the molecule is CCN(CCNc1cc(N)cc(S(N)(=O)=O)c1)C1CC1. The lowest BCUT2D eigenvalue weighted by Gasteiger charge is -2.20. The zero-order chi connectivity index (χ0) is 14.8. The van der Waals surface area contributed by atoms with E-state index >= 15 is 0 Å². The van der Waals surface area contributed by atoms with Crippen LogP contribution in [0, 0.1) is 0 Å². The standard InChI is InChI=1S/C13H22N4O2S/c1-2-17(12-3-4-12)6-5-16-11-7-10(14)8-13(9-11)20(15,18)19/h7-9,12,16H,2-6,14H2,1H3,(H2,15,18,19). The molecule has 0 radical (unpaired) electrons. The van der Waals surface area contributed by atoms with Crippen molar-refractivity contribution >= 4 is 21.4 Å². The molecule has 0 saturated heterocycles. The monoisotopic (exact) mass is 298 g/mol. The van der Waals surface area contributed by atoms with E-state index in [2.05, 4.69) is 17.1 Å². The molecule has 1 saturated carbocycles. The number of rotatable bonds is 7. The van der Waals surface area contributed by atoms with Crippen molar-refractivity contribution in [2.24, 2.45) is 5.14 Å². The summed E-state index contributed by atoms with van der Waals surface area (Å²) in [5.41, 5.74) is 6.77. The van der Waals surface area contributed by atoms with Crippen molar-refractivity contribution in [3.05, 3.63) is 18.2 Å². The molecule has 6 nitrogen and oxygen atoms in total. The van der Waals surface area contributed by atoms with Gasteiger partial charge in [-0.1, -0.05) is 6.92 Å². The highest BCUT2D eigenvalue weighted by Crippen LogP contribution is 2.26. The summed E-state index contributed by atoms with van der Waals surface area (Å²) < 4.78 is 22.7. The number of nitrogens with two attached hydrogens (primary N) is 2. The lowest BCUT2D eigenvalue weighted by Crippen LogP contribution is -2.30. The van der Waals surface area contributed by atoms with Crippen molar-refractivity contribution in [2.45, 2.75) is 30.7 Å². The van der Waals surface area contributed by atoms with E-state index in [1.54, 1.807) is 6.07 Å². The fourth-order valence-electron chi connectivity index (χ4n) is 2.27. The number of benzene rings is 1. The molecule has 2 rings (SSSR count). The van der Waals surface area contributed by atoms with Crippen molar-refractivity contribution in [2.75, 3.05) is 30.7 Å². The Labute approximate surface area is 120 Å². The van der Waals surface area contributed by atoms with E-state index in [0.29, 0.717) is 11.4 Å². The van der Waals surface area contributed by atoms with E-state index in [1.807, 2.05) is 0 Å². The summed E-state index contributed by atoms with van der Waals surface area (Å²) in [5, 5.41) is 8.33. The highest BCUT2D eigenvalue weighted by atomic mass is 32.2. The van der Waals surface area contributed by atoms with Crippen LogP contribution in [0.1, 0.15) is 19.8 Å². The Hall–Kier alpha value is -1.31. The first-order valence-corrected chi connectivity index (χ1v) is 8.36. The molecule has 0 heterocycles. The summed E-state index contributed by atoms with van der Waals surface area (Å²) in [6, 6.07) is 5.31. The van der Waals surface area contributed by atoms with Crippen LogP contribution in [0.25, 0.3) is 0 Å². The minimum absolute atomic E-state index is 0.0366. The van der Waals surface area contributed by atoms with Gasteiger partial charge in [0.1, 0.15) is 0 Å². The number of nitrogens with zero attached hydrogens (tertiary/aromatic N) is 1. The quantitative estimate of drug-likeness (QED) is 0.647. The van der Waals surface area contributed by atoms with Crippen LogP contribution >= 0.6 is 0 Å². The van der Waals surface area contributed by atoms with Crippen LogP contribution in [0.3, 0.4) is 0 Å². The van der Waals surface area contributed by atoms with Crippen LogP contribution in [-0.2, 0) is 10.0 Å². The van der Waals surface area contributed by atoms with Crippen LogP contribution < -0.4 is 16.2 Å². The number of hydrogen-bond acceptors (Lipinski definition) is 5. The molecule has 1 aliphatic rings. The third-order valence-corrected chi connectivity index (χ3v) is 4.35. The lowest BCUT2D eigenvalue weighted by molar-refractivity contribution is 0.289. The molecule has 0 atom stereocenters. The Kier molecular flexibility index (Phi) is 4.52.